The maximum absolute atomic E-state index is 6.45. The van der Waals surface area contributed by atoms with Gasteiger partial charge in [0.15, 0.2) is 0 Å². The monoisotopic (exact) mass is 904 g/mol. The molecule has 0 atom stereocenters. The van der Waals surface area contributed by atoms with E-state index in [1.165, 1.54) is 0 Å². The molecule has 0 N–H and O–H groups in total. The fraction of sp³-hybridized carbons (Fsp3) is 0. The van der Waals surface area contributed by atoms with E-state index >= 15 is 0 Å². The summed E-state index contributed by atoms with van der Waals surface area (Å²) >= 11 is 38.7. The minimum atomic E-state index is -0.904. The van der Waals surface area contributed by atoms with Crippen molar-refractivity contribution in [1.29, 1.82) is 0 Å². The molecule has 0 saturated heterocycles. The van der Waals surface area contributed by atoms with Crippen molar-refractivity contribution in [3.8, 4) is 0 Å². The van der Waals surface area contributed by atoms with E-state index in [4.69, 9.17) is 69.6 Å². The minimum absolute atomic E-state index is 0. The van der Waals surface area contributed by atoms with Crippen molar-refractivity contribution >= 4 is 117 Å². The average molecular weight is 909 g/mol. The van der Waals surface area contributed by atoms with E-state index in [1.54, 1.807) is 0 Å². The minimum Gasteiger partial charge on any atom is -1.00 e. The SMILES string of the molecule is Clc1ccccc1P(c1ccccc1Cl)c1ccccc1Cl.Clc1ccccc1P(c1ccccc1Cl)c1ccccc1Cl.[Cl-].[Cl-].[Pd+2]. The molecule has 6 aromatic carbocycles. The summed E-state index contributed by atoms with van der Waals surface area (Å²) in [6.07, 6.45) is 0. The first-order valence-corrected chi connectivity index (χ1v) is 18.4. The van der Waals surface area contributed by atoms with Gasteiger partial charge in [-0.1, -0.05) is 179 Å². The molecule has 11 heteroatoms. The largest absolute Gasteiger partial charge is 2.00 e. The maximum atomic E-state index is 6.45. The van der Waals surface area contributed by atoms with Gasteiger partial charge in [0.25, 0.3) is 0 Å². The van der Waals surface area contributed by atoms with Crippen LogP contribution in [0.3, 0.4) is 0 Å². The van der Waals surface area contributed by atoms with E-state index in [0.717, 1.165) is 62.0 Å². The molecule has 6 aromatic rings. The van der Waals surface area contributed by atoms with Gasteiger partial charge in [-0.2, -0.15) is 0 Å². The van der Waals surface area contributed by atoms with Crippen molar-refractivity contribution < 1.29 is 45.2 Å². The van der Waals surface area contributed by atoms with Crippen LogP contribution >= 0.6 is 85.4 Å². The summed E-state index contributed by atoms with van der Waals surface area (Å²) in [5.74, 6) is 0. The van der Waals surface area contributed by atoms with E-state index in [9.17, 15) is 0 Å². The quantitative estimate of drug-likeness (QED) is 0.167. The zero-order chi connectivity index (χ0) is 31.1. The Balaban J connectivity index is 0.000000307. The van der Waals surface area contributed by atoms with Crippen LogP contribution in [-0.4, -0.2) is 0 Å². The Hall–Kier alpha value is -0.838. The zero-order valence-electron chi connectivity index (χ0n) is 24.1. The summed E-state index contributed by atoms with van der Waals surface area (Å²) in [4.78, 5) is 0. The molecule has 0 radical (unpaired) electrons. The molecule has 6 rings (SSSR count). The van der Waals surface area contributed by atoms with Crippen molar-refractivity contribution in [2.24, 2.45) is 0 Å². The third kappa shape index (κ3) is 10.6. The molecule has 0 unspecified atom stereocenters. The number of rotatable bonds is 6. The van der Waals surface area contributed by atoms with Gasteiger partial charge in [-0.25, -0.2) is 0 Å². The Morgan fingerprint density at radius 1 is 0.255 bits per heavy atom. The van der Waals surface area contributed by atoms with Gasteiger partial charge in [0.05, 0.1) is 0 Å². The molecular weight excluding hydrogens is 884 g/mol. The van der Waals surface area contributed by atoms with Crippen molar-refractivity contribution in [2.75, 3.05) is 0 Å². The third-order valence-corrected chi connectivity index (χ3v) is 14.6. The number of hydrogen-bond donors (Lipinski definition) is 0. The van der Waals surface area contributed by atoms with Gasteiger partial charge in [-0.3, -0.25) is 0 Å². The second kappa shape index (κ2) is 20.7. The van der Waals surface area contributed by atoms with Crippen LogP contribution in [-0.2, 0) is 20.4 Å². The standard InChI is InChI=1S/2C18H12Cl3P.2ClH.Pd/c2*19-13-7-1-4-10-16(13)22(17-11-5-2-8-14(17)20)18-12-6-3-9-15(18)21;;;/h2*1-12H;2*1H;/q;;;;+2/p-2. The molecule has 0 aliphatic carbocycles. The summed E-state index contributed by atoms with van der Waals surface area (Å²) in [5, 5.41) is 10.7. The number of halogens is 8. The second-order valence-corrected chi connectivity index (χ2v) is 16.1. The first-order valence-electron chi connectivity index (χ1n) is 13.4. The zero-order valence-corrected chi connectivity index (χ0v) is 33.5. The predicted octanol–water partition coefficient (Wildman–Crippen LogP) is 4.82. The van der Waals surface area contributed by atoms with Crippen molar-refractivity contribution in [2.45, 2.75) is 0 Å². The van der Waals surface area contributed by atoms with Crippen LogP contribution in [0.5, 0.6) is 0 Å². The number of benzene rings is 6. The molecule has 0 amide bonds. The van der Waals surface area contributed by atoms with Crippen molar-refractivity contribution in [3.05, 3.63) is 176 Å². The molecule has 0 nitrogen and oxygen atoms in total. The Morgan fingerprint density at radius 2 is 0.383 bits per heavy atom. The van der Waals surface area contributed by atoms with Crippen LogP contribution in [0.25, 0.3) is 0 Å². The van der Waals surface area contributed by atoms with Crippen molar-refractivity contribution in [1.82, 2.24) is 0 Å². The first-order chi connectivity index (χ1) is 21.4. The van der Waals surface area contributed by atoms with E-state index < -0.39 is 15.8 Å². The molecule has 0 spiro atoms. The van der Waals surface area contributed by atoms with E-state index in [0.29, 0.717) is 0 Å². The van der Waals surface area contributed by atoms with E-state index in [2.05, 4.69) is 0 Å². The van der Waals surface area contributed by atoms with Gasteiger partial charge in [0, 0.05) is 62.0 Å². The summed E-state index contributed by atoms with van der Waals surface area (Å²) in [6.45, 7) is 0. The fourth-order valence-electron chi connectivity index (χ4n) is 4.58. The van der Waals surface area contributed by atoms with Gasteiger partial charge in [0.1, 0.15) is 0 Å². The van der Waals surface area contributed by atoms with Crippen LogP contribution in [0.15, 0.2) is 146 Å². The summed E-state index contributed by atoms with van der Waals surface area (Å²) < 4.78 is 0. The molecule has 0 aliphatic heterocycles. The van der Waals surface area contributed by atoms with Crippen molar-refractivity contribution in [3.63, 3.8) is 0 Å². The smallest absolute Gasteiger partial charge is 1.00 e. The Kier molecular flexibility index (Phi) is 18.7. The second-order valence-electron chi connectivity index (χ2n) is 9.38. The predicted molar refractivity (Wildman–Crippen MR) is 200 cm³/mol. The summed E-state index contributed by atoms with van der Waals surface area (Å²) in [5.41, 5.74) is 0. The van der Waals surface area contributed by atoms with Gasteiger partial charge >= 0.3 is 20.4 Å². The number of hydrogen-bond acceptors (Lipinski definition) is 0. The van der Waals surface area contributed by atoms with E-state index in [-0.39, 0.29) is 45.2 Å². The van der Waals surface area contributed by atoms with Gasteiger partial charge in [0.2, 0.25) is 0 Å². The molecular formula is C36H24Cl8P2Pd. The molecule has 0 saturated carbocycles. The molecule has 0 aromatic heterocycles. The molecule has 0 aliphatic rings. The van der Waals surface area contributed by atoms with Crippen LogP contribution < -0.4 is 56.6 Å². The maximum Gasteiger partial charge on any atom is 2.00 e. The average Bonchev–Trinajstić information content (AvgIpc) is 3.03. The Morgan fingerprint density at radius 3 is 0.511 bits per heavy atom. The normalized spacial score (nSPS) is 10.2. The van der Waals surface area contributed by atoms with Crippen LogP contribution in [0.1, 0.15) is 0 Å². The molecule has 0 bridgehead atoms. The Bertz CT molecular complexity index is 1540. The Labute approximate surface area is 335 Å². The van der Waals surface area contributed by atoms with Gasteiger partial charge < -0.3 is 24.8 Å². The summed E-state index contributed by atoms with van der Waals surface area (Å²) in [7, 11) is -1.81. The third-order valence-electron chi connectivity index (χ3n) is 6.56. The molecule has 244 valence electrons. The van der Waals surface area contributed by atoms with E-state index in [1.807, 2.05) is 146 Å². The fourth-order valence-corrected chi connectivity index (χ4v) is 11.6. The topological polar surface area (TPSA) is 0 Å². The molecule has 47 heavy (non-hydrogen) atoms. The van der Waals surface area contributed by atoms with Crippen LogP contribution in [0, 0.1) is 0 Å². The van der Waals surface area contributed by atoms with Crippen LogP contribution in [0.4, 0.5) is 0 Å². The summed E-state index contributed by atoms with van der Waals surface area (Å²) in [6, 6.07) is 47.2. The van der Waals surface area contributed by atoms with Gasteiger partial charge in [-0.05, 0) is 52.2 Å². The first kappa shape index (κ1) is 42.3. The van der Waals surface area contributed by atoms with Gasteiger partial charge in [-0.15, -0.1) is 0 Å². The van der Waals surface area contributed by atoms with Crippen LogP contribution in [0.2, 0.25) is 30.1 Å². The molecule has 0 fully saturated rings. The molecule has 0 heterocycles.